The molecule has 6 nitrogen and oxygen atoms in total. The van der Waals surface area contributed by atoms with E-state index >= 15 is 0 Å². The van der Waals surface area contributed by atoms with Gasteiger partial charge in [-0.25, -0.2) is 4.79 Å². The third-order valence-corrected chi connectivity index (χ3v) is 5.07. The maximum Gasteiger partial charge on any atom is 0.338 e. The highest BCUT2D eigenvalue weighted by Crippen LogP contribution is 2.36. The zero-order chi connectivity index (χ0) is 20.6. The Hall–Kier alpha value is -3.67. The molecule has 2 amide bonds. The number of anilines is 2. The number of hydrogen-bond acceptors (Lipinski definition) is 4. The average Bonchev–Trinajstić information content (AvgIpc) is 2.72. The number of esters is 1. The van der Waals surface area contributed by atoms with Gasteiger partial charge in [-0.05, 0) is 48.9 Å². The predicted molar refractivity (Wildman–Crippen MR) is 111 cm³/mol. The zero-order valence-corrected chi connectivity index (χ0v) is 16.1. The average molecular weight is 388 g/mol. The minimum absolute atomic E-state index is 0.301. The molecule has 0 unspecified atom stereocenters. The molecule has 1 N–H and O–H groups in total. The number of benzene rings is 3. The van der Waals surface area contributed by atoms with Gasteiger partial charge in [0, 0.05) is 0 Å². The van der Waals surface area contributed by atoms with Gasteiger partial charge in [0.05, 0.1) is 16.9 Å². The van der Waals surface area contributed by atoms with E-state index in [-0.39, 0.29) is 5.91 Å². The van der Waals surface area contributed by atoms with Crippen molar-refractivity contribution < 1.29 is 19.1 Å². The molecule has 0 saturated carbocycles. The van der Waals surface area contributed by atoms with Crippen LogP contribution in [-0.2, 0) is 14.3 Å². The van der Waals surface area contributed by atoms with Crippen molar-refractivity contribution >= 4 is 39.9 Å². The number of nitrogens with zero attached hydrogens (tertiary/aromatic N) is 1. The van der Waals surface area contributed by atoms with Crippen molar-refractivity contribution in [1.29, 1.82) is 0 Å². The molecule has 4 rings (SSSR count). The molecule has 0 aliphatic carbocycles. The van der Waals surface area contributed by atoms with Crippen LogP contribution in [0.4, 0.5) is 11.4 Å². The second-order valence-corrected chi connectivity index (χ2v) is 7.40. The Morgan fingerprint density at radius 2 is 1.66 bits per heavy atom. The van der Waals surface area contributed by atoms with E-state index in [4.69, 9.17) is 4.74 Å². The van der Waals surface area contributed by atoms with Gasteiger partial charge in [0.1, 0.15) is 5.54 Å². The maximum absolute atomic E-state index is 12.9. The van der Waals surface area contributed by atoms with Crippen molar-refractivity contribution in [1.82, 2.24) is 0 Å². The summed E-state index contributed by atoms with van der Waals surface area (Å²) in [6.45, 7) is 2.85. The molecule has 0 atom stereocenters. The fourth-order valence-electron chi connectivity index (χ4n) is 3.49. The third-order valence-electron chi connectivity index (χ3n) is 5.07. The smallest absolute Gasteiger partial charge is 0.338 e. The van der Waals surface area contributed by atoms with E-state index in [0.717, 1.165) is 10.8 Å². The summed E-state index contributed by atoms with van der Waals surface area (Å²) in [4.78, 5) is 39.3. The molecular formula is C23H20N2O4. The van der Waals surface area contributed by atoms with Crippen LogP contribution in [0, 0.1) is 0 Å². The van der Waals surface area contributed by atoms with Crippen molar-refractivity contribution in [3.05, 3.63) is 72.3 Å². The Balaban J connectivity index is 1.54. The van der Waals surface area contributed by atoms with Gasteiger partial charge in [-0.2, -0.15) is 0 Å². The second-order valence-electron chi connectivity index (χ2n) is 7.40. The molecule has 3 aromatic rings. The van der Waals surface area contributed by atoms with E-state index in [1.54, 1.807) is 50.2 Å². The van der Waals surface area contributed by atoms with Crippen LogP contribution >= 0.6 is 0 Å². The number of ether oxygens (including phenoxy) is 1. The summed E-state index contributed by atoms with van der Waals surface area (Å²) in [5.41, 5.74) is 0.378. The summed E-state index contributed by atoms with van der Waals surface area (Å²) in [7, 11) is 0. The van der Waals surface area contributed by atoms with Crippen LogP contribution in [0.5, 0.6) is 0 Å². The Morgan fingerprint density at radius 1 is 0.966 bits per heavy atom. The summed E-state index contributed by atoms with van der Waals surface area (Å²) < 4.78 is 5.27. The summed E-state index contributed by atoms with van der Waals surface area (Å²) in [5, 5.41) is 4.73. The number of hydrogen-bond donors (Lipinski definition) is 1. The van der Waals surface area contributed by atoms with Gasteiger partial charge >= 0.3 is 5.97 Å². The van der Waals surface area contributed by atoms with Crippen molar-refractivity contribution in [3.63, 3.8) is 0 Å². The molecule has 6 heteroatoms. The third kappa shape index (κ3) is 3.33. The van der Waals surface area contributed by atoms with Crippen LogP contribution in [0.3, 0.4) is 0 Å². The monoisotopic (exact) mass is 388 g/mol. The number of amides is 2. The van der Waals surface area contributed by atoms with Gasteiger partial charge in [0.2, 0.25) is 5.91 Å². The zero-order valence-electron chi connectivity index (χ0n) is 16.1. The molecule has 0 saturated heterocycles. The number of carbonyl (C=O) groups excluding carboxylic acids is 3. The van der Waals surface area contributed by atoms with Gasteiger partial charge < -0.3 is 10.1 Å². The molecule has 0 radical (unpaired) electrons. The van der Waals surface area contributed by atoms with Crippen molar-refractivity contribution in [2.45, 2.75) is 19.4 Å². The van der Waals surface area contributed by atoms with Crippen LogP contribution in [-0.4, -0.2) is 29.9 Å². The van der Waals surface area contributed by atoms with Crippen LogP contribution in [0.2, 0.25) is 0 Å². The van der Waals surface area contributed by atoms with Gasteiger partial charge in [-0.15, -0.1) is 0 Å². The van der Waals surface area contributed by atoms with E-state index in [1.807, 2.05) is 30.3 Å². The number of carbonyl (C=O) groups is 3. The van der Waals surface area contributed by atoms with E-state index < -0.39 is 24.0 Å². The Bertz CT molecular complexity index is 1140. The van der Waals surface area contributed by atoms with Crippen LogP contribution in [0.25, 0.3) is 10.8 Å². The van der Waals surface area contributed by atoms with Crippen molar-refractivity contribution in [2.24, 2.45) is 0 Å². The molecule has 3 aromatic carbocycles. The summed E-state index contributed by atoms with van der Waals surface area (Å²) in [6, 6.07) is 19.9. The molecule has 0 spiro atoms. The molecule has 0 bridgehead atoms. The van der Waals surface area contributed by atoms with E-state index in [2.05, 4.69) is 5.32 Å². The maximum atomic E-state index is 12.9. The number of para-hydroxylation sites is 2. The molecule has 0 aromatic heterocycles. The minimum atomic E-state index is -1.11. The highest BCUT2D eigenvalue weighted by atomic mass is 16.5. The molecule has 1 heterocycles. The van der Waals surface area contributed by atoms with Crippen LogP contribution in [0.15, 0.2) is 66.7 Å². The molecule has 1 aliphatic rings. The predicted octanol–water partition coefficient (Wildman–Crippen LogP) is 3.76. The highest BCUT2D eigenvalue weighted by molar-refractivity contribution is 6.14. The first kappa shape index (κ1) is 18.7. The van der Waals surface area contributed by atoms with Crippen LogP contribution in [0.1, 0.15) is 24.2 Å². The number of rotatable bonds is 3. The SMILES string of the molecule is CC1(C)C(=O)Nc2ccccc2N1C(=O)COC(=O)c1ccc2ccccc2c1. The molecule has 0 fully saturated rings. The van der Waals surface area contributed by atoms with Gasteiger partial charge in [0.25, 0.3) is 5.91 Å². The summed E-state index contributed by atoms with van der Waals surface area (Å²) in [6.07, 6.45) is 0. The molecule has 29 heavy (non-hydrogen) atoms. The lowest BCUT2D eigenvalue weighted by Crippen LogP contribution is -2.59. The standard InChI is InChI=1S/C23H20N2O4/c1-23(2)22(28)24-18-9-5-6-10-19(18)25(23)20(26)14-29-21(27)17-12-11-15-7-3-4-8-16(15)13-17/h3-13H,14H2,1-2H3,(H,24,28). The minimum Gasteiger partial charge on any atom is -0.452 e. The normalized spacial score (nSPS) is 14.8. The van der Waals surface area contributed by atoms with Crippen LogP contribution < -0.4 is 10.2 Å². The lowest BCUT2D eigenvalue weighted by atomic mass is 9.96. The van der Waals surface area contributed by atoms with Crippen molar-refractivity contribution in [3.8, 4) is 0 Å². The first-order valence-corrected chi connectivity index (χ1v) is 9.27. The van der Waals surface area contributed by atoms with E-state index in [0.29, 0.717) is 16.9 Å². The lowest BCUT2D eigenvalue weighted by molar-refractivity contribution is -0.128. The fraction of sp³-hybridized carbons (Fsp3) is 0.174. The first-order valence-electron chi connectivity index (χ1n) is 9.27. The number of fused-ring (bicyclic) bond motifs is 2. The fourth-order valence-corrected chi connectivity index (χ4v) is 3.49. The quantitative estimate of drug-likeness (QED) is 0.693. The largest absolute Gasteiger partial charge is 0.452 e. The Kier molecular flexibility index (Phi) is 4.54. The summed E-state index contributed by atoms with van der Waals surface area (Å²) >= 11 is 0. The van der Waals surface area contributed by atoms with Crippen molar-refractivity contribution in [2.75, 3.05) is 16.8 Å². The van der Waals surface area contributed by atoms with Gasteiger partial charge in [0.15, 0.2) is 6.61 Å². The lowest BCUT2D eigenvalue weighted by Gasteiger charge is -2.41. The molecule has 1 aliphatic heterocycles. The van der Waals surface area contributed by atoms with Gasteiger partial charge in [-0.1, -0.05) is 42.5 Å². The molecule has 146 valence electrons. The van der Waals surface area contributed by atoms with Gasteiger partial charge in [-0.3, -0.25) is 14.5 Å². The van der Waals surface area contributed by atoms with E-state index in [1.165, 1.54) is 4.90 Å². The summed E-state index contributed by atoms with van der Waals surface area (Å²) in [5.74, 6) is -1.35. The topological polar surface area (TPSA) is 75.7 Å². The van der Waals surface area contributed by atoms with E-state index in [9.17, 15) is 14.4 Å². The number of nitrogens with one attached hydrogen (secondary N) is 1. The Labute approximate surface area is 168 Å². The second kappa shape index (κ2) is 7.05. The first-order chi connectivity index (χ1) is 13.9. The Morgan fingerprint density at radius 3 is 2.45 bits per heavy atom. The molecular weight excluding hydrogens is 368 g/mol. The highest BCUT2D eigenvalue weighted by Gasteiger charge is 2.43.